The highest BCUT2D eigenvalue weighted by atomic mass is 19.3. The number of aryl methyl sites for hydroxylation is 2. The van der Waals surface area contributed by atoms with Crippen molar-refractivity contribution in [1.29, 1.82) is 0 Å². The number of benzene rings is 1. The Labute approximate surface area is 116 Å². The van der Waals surface area contributed by atoms with E-state index in [0.717, 1.165) is 22.6 Å². The molecule has 0 fully saturated rings. The molecule has 3 nitrogen and oxygen atoms in total. The minimum atomic E-state index is -2.81. The van der Waals surface area contributed by atoms with E-state index >= 15 is 0 Å². The Morgan fingerprint density at radius 2 is 1.80 bits per heavy atom. The van der Waals surface area contributed by atoms with Gasteiger partial charge in [0.15, 0.2) is 0 Å². The summed E-state index contributed by atoms with van der Waals surface area (Å²) in [5, 5.41) is 3.20. The predicted molar refractivity (Wildman–Crippen MR) is 72.2 cm³/mol. The van der Waals surface area contributed by atoms with Crippen molar-refractivity contribution in [1.82, 2.24) is 5.32 Å². The van der Waals surface area contributed by atoms with Gasteiger partial charge in [0, 0.05) is 5.56 Å². The van der Waals surface area contributed by atoms with E-state index in [4.69, 9.17) is 4.42 Å². The second kappa shape index (κ2) is 6.05. The Morgan fingerprint density at radius 1 is 1.15 bits per heavy atom. The first-order chi connectivity index (χ1) is 9.51. The molecule has 2 rings (SSSR count). The van der Waals surface area contributed by atoms with Crippen LogP contribution in [-0.2, 0) is 0 Å². The molecule has 20 heavy (non-hydrogen) atoms. The van der Waals surface area contributed by atoms with Gasteiger partial charge >= 0.3 is 6.61 Å². The zero-order valence-corrected chi connectivity index (χ0v) is 11.6. The third-order valence-corrected chi connectivity index (χ3v) is 3.12. The van der Waals surface area contributed by atoms with Crippen molar-refractivity contribution < 1.29 is 17.9 Å². The highest BCUT2D eigenvalue weighted by Gasteiger charge is 2.17. The van der Waals surface area contributed by atoms with Crippen LogP contribution < -0.4 is 10.1 Å². The van der Waals surface area contributed by atoms with E-state index in [0.29, 0.717) is 0 Å². The van der Waals surface area contributed by atoms with E-state index in [1.165, 1.54) is 12.1 Å². The number of alkyl halides is 2. The van der Waals surface area contributed by atoms with Gasteiger partial charge in [0.1, 0.15) is 17.3 Å². The van der Waals surface area contributed by atoms with E-state index in [2.05, 4.69) is 10.1 Å². The molecule has 5 heteroatoms. The van der Waals surface area contributed by atoms with Crippen molar-refractivity contribution in [3.8, 4) is 5.75 Å². The molecule has 0 saturated heterocycles. The maximum Gasteiger partial charge on any atom is 0.387 e. The van der Waals surface area contributed by atoms with E-state index in [1.807, 2.05) is 27.0 Å². The molecule has 1 aromatic heterocycles. The molecule has 0 spiro atoms. The molecule has 0 aliphatic carbocycles. The van der Waals surface area contributed by atoms with Crippen LogP contribution in [0.4, 0.5) is 8.78 Å². The number of nitrogens with one attached hydrogen (secondary N) is 1. The molecule has 0 amide bonds. The summed E-state index contributed by atoms with van der Waals surface area (Å²) in [6, 6.07) is 8.52. The molecule has 1 atom stereocenters. The maximum atomic E-state index is 12.1. The number of halogens is 2. The topological polar surface area (TPSA) is 34.4 Å². The van der Waals surface area contributed by atoms with Crippen molar-refractivity contribution in [2.75, 3.05) is 7.05 Å². The summed E-state index contributed by atoms with van der Waals surface area (Å²) >= 11 is 0. The van der Waals surface area contributed by atoms with Gasteiger partial charge in [0.25, 0.3) is 0 Å². The average Bonchev–Trinajstić information content (AvgIpc) is 2.71. The third-order valence-electron chi connectivity index (χ3n) is 3.12. The molecule has 1 heterocycles. The van der Waals surface area contributed by atoms with Crippen LogP contribution in [0.3, 0.4) is 0 Å². The molecule has 108 valence electrons. The zero-order valence-electron chi connectivity index (χ0n) is 11.6. The van der Waals surface area contributed by atoms with Gasteiger partial charge in [-0.15, -0.1) is 0 Å². The zero-order chi connectivity index (χ0) is 14.7. The fraction of sp³-hybridized carbons (Fsp3) is 0.333. The molecule has 1 unspecified atom stereocenters. The monoisotopic (exact) mass is 281 g/mol. The number of hydrogen-bond acceptors (Lipinski definition) is 3. The molecule has 0 radical (unpaired) electrons. The lowest BCUT2D eigenvalue weighted by atomic mass is 9.99. The van der Waals surface area contributed by atoms with Crippen molar-refractivity contribution in [3.05, 3.63) is 53.0 Å². The Bertz CT molecular complexity index is 564. The second-order valence-corrected chi connectivity index (χ2v) is 4.54. The highest BCUT2D eigenvalue weighted by Crippen LogP contribution is 2.28. The van der Waals surface area contributed by atoms with Gasteiger partial charge in [-0.3, -0.25) is 0 Å². The minimum Gasteiger partial charge on any atom is -0.466 e. The van der Waals surface area contributed by atoms with Crippen LogP contribution in [0, 0.1) is 13.8 Å². The molecular weight excluding hydrogens is 264 g/mol. The van der Waals surface area contributed by atoms with Gasteiger partial charge in [-0.25, -0.2) is 0 Å². The van der Waals surface area contributed by atoms with Crippen molar-refractivity contribution in [2.45, 2.75) is 26.5 Å². The largest absolute Gasteiger partial charge is 0.466 e. The van der Waals surface area contributed by atoms with E-state index in [9.17, 15) is 8.78 Å². The Balaban J connectivity index is 2.26. The molecule has 0 aliphatic rings. The van der Waals surface area contributed by atoms with E-state index in [-0.39, 0.29) is 11.8 Å². The predicted octanol–water partition coefficient (Wildman–Crippen LogP) is 3.81. The van der Waals surface area contributed by atoms with Gasteiger partial charge in [-0.1, -0.05) is 12.1 Å². The Kier molecular flexibility index (Phi) is 4.39. The molecule has 1 N–H and O–H groups in total. The van der Waals surface area contributed by atoms with Gasteiger partial charge < -0.3 is 14.5 Å². The Hall–Kier alpha value is -1.88. The van der Waals surface area contributed by atoms with Gasteiger partial charge in [0.05, 0.1) is 6.04 Å². The fourth-order valence-corrected chi connectivity index (χ4v) is 2.28. The SMILES string of the molecule is CNC(c1ccc(OC(F)F)cc1)c1cc(C)oc1C. The molecule has 2 aromatic rings. The minimum absolute atomic E-state index is 0.0481. The fourth-order valence-electron chi connectivity index (χ4n) is 2.28. The molecular formula is C15H17F2NO2. The standard InChI is InChI=1S/C15H17F2NO2/c1-9-8-13(10(2)19-9)14(18-3)11-4-6-12(7-5-11)20-15(16)17/h4-8,14-15,18H,1-3H3. The van der Waals surface area contributed by atoms with Crippen LogP contribution in [0.15, 0.2) is 34.7 Å². The van der Waals surface area contributed by atoms with Gasteiger partial charge in [-0.2, -0.15) is 8.78 Å². The van der Waals surface area contributed by atoms with Crippen LogP contribution in [0.25, 0.3) is 0 Å². The summed E-state index contributed by atoms with van der Waals surface area (Å²) in [5.74, 6) is 1.84. The molecule has 0 bridgehead atoms. The van der Waals surface area contributed by atoms with Crippen LogP contribution in [0.5, 0.6) is 5.75 Å². The van der Waals surface area contributed by atoms with Gasteiger partial charge in [0.2, 0.25) is 0 Å². The number of furan rings is 1. The normalized spacial score (nSPS) is 12.7. The number of hydrogen-bond donors (Lipinski definition) is 1. The molecule has 1 aromatic carbocycles. The first kappa shape index (κ1) is 14.5. The van der Waals surface area contributed by atoms with Crippen molar-refractivity contribution in [3.63, 3.8) is 0 Å². The van der Waals surface area contributed by atoms with E-state index < -0.39 is 6.61 Å². The lowest BCUT2D eigenvalue weighted by molar-refractivity contribution is -0.0498. The summed E-state index contributed by atoms with van der Waals surface area (Å²) in [7, 11) is 1.84. The number of rotatable bonds is 5. The summed E-state index contributed by atoms with van der Waals surface area (Å²) < 4.78 is 34.1. The lowest BCUT2D eigenvalue weighted by Crippen LogP contribution is -2.17. The second-order valence-electron chi connectivity index (χ2n) is 4.54. The van der Waals surface area contributed by atoms with Crippen LogP contribution in [0.1, 0.15) is 28.7 Å². The van der Waals surface area contributed by atoms with E-state index in [1.54, 1.807) is 12.1 Å². The van der Waals surface area contributed by atoms with Crippen LogP contribution in [0.2, 0.25) is 0 Å². The summed E-state index contributed by atoms with van der Waals surface area (Å²) in [6.07, 6.45) is 0. The van der Waals surface area contributed by atoms with Crippen molar-refractivity contribution >= 4 is 0 Å². The third kappa shape index (κ3) is 3.17. The lowest BCUT2D eigenvalue weighted by Gasteiger charge is -2.16. The maximum absolute atomic E-state index is 12.1. The first-order valence-corrected chi connectivity index (χ1v) is 6.30. The van der Waals surface area contributed by atoms with Crippen LogP contribution >= 0.6 is 0 Å². The number of ether oxygens (including phenoxy) is 1. The average molecular weight is 281 g/mol. The van der Waals surface area contributed by atoms with Gasteiger partial charge in [-0.05, 0) is 44.7 Å². The van der Waals surface area contributed by atoms with Crippen molar-refractivity contribution in [2.24, 2.45) is 0 Å². The molecule has 0 saturated carbocycles. The summed E-state index contributed by atoms with van der Waals surface area (Å²) in [5.41, 5.74) is 1.99. The highest BCUT2D eigenvalue weighted by molar-refractivity contribution is 5.37. The van der Waals surface area contributed by atoms with Crippen LogP contribution in [-0.4, -0.2) is 13.7 Å². The first-order valence-electron chi connectivity index (χ1n) is 6.30. The molecule has 0 aliphatic heterocycles. The summed E-state index contributed by atoms with van der Waals surface area (Å²) in [4.78, 5) is 0. The smallest absolute Gasteiger partial charge is 0.387 e. The summed E-state index contributed by atoms with van der Waals surface area (Å²) in [6.45, 7) is 0.990. The quantitative estimate of drug-likeness (QED) is 0.905. The Morgan fingerprint density at radius 3 is 2.25 bits per heavy atom.